The second kappa shape index (κ2) is 17.2. The van der Waals surface area contributed by atoms with E-state index in [0.29, 0.717) is 0 Å². The number of hydrogen-bond donors (Lipinski definition) is 8. The van der Waals surface area contributed by atoms with Crippen molar-refractivity contribution < 1.29 is 69.6 Å². The first-order valence-corrected chi connectivity index (χ1v) is 6.34. The van der Waals surface area contributed by atoms with Crippen LogP contribution >= 0.6 is 0 Å². The topological polar surface area (TPSA) is 264 Å². The molecule has 0 aliphatic carbocycles. The predicted molar refractivity (Wildman–Crippen MR) is 91.4 cm³/mol. The van der Waals surface area contributed by atoms with Gasteiger partial charge in [-0.2, -0.15) is 0 Å². The van der Waals surface area contributed by atoms with Gasteiger partial charge in [0.05, 0.1) is 25.7 Å². The van der Waals surface area contributed by atoms with Gasteiger partial charge < -0.3 is 40.9 Å². The SMILES string of the molecule is O=C(O)CC(O)(CC(=O)O)C(=O)O.O=C(O)CC(O)(CC(=O)O)C(=O)O.[Pb].[Pb].[Pb]. The van der Waals surface area contributed by atoms with Gasteiger partial charge in [-0.3, -0.25) is 19.2 Å². The van der Waals surface area contributed by atoms with Crippen molar-refractivity contribution in [2.75, 3.05) is 0 Å². The zero-order valence-electron chi connectivity index (χ0n) is 14.4. The molecule has 0 aliphatic rings. The molecule has 17 heteroatoms. The van der Waals surface area contributed by atoms with Crippen LogP contribution in [0.4, 0.5) is 0 Å². The quantitative estimate of drug-likeness (QED) is 0.0983. The largest absolute Gasteiger partial charge is 0.481 e. The van der Waals surface area contributed by atoms with E-state index < -0.39 is 72.7 Å². The Labute approximate surface area is 222 Å². The summed E-state index contributed by atoms with van der Waals surface area (Å²) in [7, 11) is 0. The van der Waals surface area contributed by atoms with E-state index in [1.807, 2.05) is 0 Å². The third kappa shape index (κ3) is 18.0. The van der Waals surface area contributed by atoms with Crippen molar-refractivity contribution in [3.63, 3.8) is 0 Å². The zero-order valence-corrected chi connectivity index (χ0v) is 26.0. The number of carbonyl (C=O) groups is 6. The van der Waals surface area contributed by atoms with Gasteiger partial charge >= 0.3 is 35.8 Å². The average molecular weight is 1010 g/mol. The Morgan fingerprint density at radius 2 is 0.586 bits per heavy atom. The second-order valence-electron chi connectivity index (χ2n) is 4.96. The monoisotopic (exact) mass is 1010 g/mol. The Morgan fingerprint density at radius 3 is 0.655 bits per heavy atom. The fourth-order valence-electron chi connectivity index (χ4n) is 1.43. The first-order chi connectivity index (χ1) is 11.6. The maximum Gasteiger partial charge on any atom is 0.336 e. The third-order valence-electron chi connectivity index (χ3n) is 2.57. The molecule has 12 radical (unpaired) electrons. The van der Waals surface area contributed by atoms with Crippen molar-refractivity contribution in [3.05, 3.63) is 0 Å². The second-order valence-corrected chi connectivity index (χ2v) is 4.96. The molecule has 0 aromatic carbocycles. The van der Waals surface area contributed by atoms with Gasteiger partial charge in [0, 0.05) is 81.9 Å². The number of carboxylic acid groups (broad SMARTS) is 6. The molecule has 0 aromatic heterocycles. The van der Waals surface area contributed by atoms with Gasteiger partial charge in [-0.1, -0.05) is 0 Å². The zero-order chi connectivity index (χ0) is 21.3. The summed E-state index contributed by atoms with van der Waals surface area (Å²) >= 11 is 0. The fraction of sp³-hybridized carbons (Fsp3) is 0.500. The molecule has 0 aliphatic heterocycles. The smallest absolute Gasteiger partial charge is 0.336 e. The van der Waals surface area contributed by atoms with E-state index in [1.54, 1.807) is 0 Å². The summed E-state index contributed by atoms with van der Waals surface area (Å²) in [6.07, 6.45) is -4.58. The molecule has 160 valence electrons. The Balaban J connectivity index is -0.000000120. The predicted octanol–water partition coefficient (Wildman–Crippen LogP) is -3.64. The van der Waals surface area contributed by atoms with Gasteiger partial charge in [0.2, 0.25) is 0 Å². The molecule has 8 N–H and O–H groups in total. The Morgan fingerprint density at radius 1 is 0.448 bits per heavy atom. The van der Waals surface area contributed by atoms with Gasteiger partial charge in [0.1, 0.15) is 0 Å². The van der Waals surface area contributed by atoms with Crippen molar-refractivity contribution in [3.8, 4) is 0 Å². The van der Waals surface area contributed by atoms with Crippen LogP contribution < -0.4 is 0 Å². The summed E-state index contributed by atoms with van der Waals surface area (Å²) in [5.74, 6) is -10.0. The van der Waals surface area contributed by atoms with Gasteiger partial charge in [-0.05, 0) is 0 Å². The van der Waals surface area contributed by atoms with E-state index >= 15 is 0 Å². The van der Waals surface area contributed by atoms with Crippen molar-refractivity contribution in [1.29, 1.82) is 0 Å². The molecular weight excluding hydrogens is 990 g/mol. The molecule has 0 bridgehead atoms. The third-order valence-corrected chi connectivity index (χ3v) is 2.57. The van der Waals surface area contributed by atoms with Crippen molar-refractivity contribution in [1.82, 2.24) is 0 Å². The first-order valence-electron chi connectivity index (χ1n) is 6.34. The maximum absolute atomic E-state index is 10.3. The van der Waals surface area contributed by atoms with Crippen LogP contribution in [0.15, 0.2) is 0 Å². The molecule has 29 heavy (non-hydrogen) atoms. The van der Waals surface area contributed by atoms with E-state index in [1.165, 1.54) is 0 Å². The van der Waals surface area contributed by atoms with Gasteiger partial charge in [0.25, 0.3) is 0 Å². The summed E-state index contributed by atoms with van der Waals surface area (Å²) in [5, 5.41) is 67.6. The van der Waals surface area contributed by atoms with Crippen LogP contribution in [0.25, 0.3) is 0 Å². The molecule has 0 spiro atoms. The van der Waals surface area contributed by atoms with Crippen LogP contribution in [0.2, 0.25) is 0 Å². The standard InChI is InChI=1S/2C6H8O7.3Pb/c2*7-3(8)1-6(13,5(11)12)2-4(9)10;;;/h2*13H,1-2H2,(H,7,8)(H,9,10)(H,11,12);;;. The summed E-state index contributed by atoms with van der Waals surface area (Å²) in [4.78, 5) is 61.0. The van der Waals surface area contributed by atoms with Crippen molar-refractivity contribution in [2.24, 2.45) is 0 Å². The molecule has 0 fully saturated rings. The molecular formula is C12H16O14Pb3. The van der Waals surface area contributed by atoms with Crippen molar-refractivity contribution in [2.45, 2.75) is 36.9 Å². The van der Waals surface area contributed by atoms with Crippen LogP contribution in [0, 0.1) is 0 Å². The first kappa shape index (κ1) is 39.0. The summed E-state index contributed by atoms with van der Waals surface area (Å²) in [6, 6.07) is 0. The normalized spacial score (nSPS) is 9.72. The molecule has 0 atom stereocenters. The Kier molecular flexibility index (Phi) is 23.2. The number of aliphatic hydroxyl groups is 2. The molecule has 0 unspecified atom stereocenters. The minimum Gasteiger partial charge on any atom is -0.481 e. The molecule has 0 aromatic rings. The molecule has 14 nitrogen and oxygen atoms in total. The van der Waals surface area contributed by atoms with Crippen LogP contribution in [-0.4, -0.2) is 170 Å². The molecule has 0 rings (SSSR count). The Hall–Kier alpha value is -0.494. The molecule has 0 saturated heterocycles. The number of hydrogen-bond acceptors (Lipinski definition) is 8. The number of aliphatic carboxylic acids is 6. The van der Waals surface area contributed by atoms with Crippen molar-refractivity contribution >= 4 is 118 Å². The molecule has 0 saturated carbocycles. The number of rotatable bonds is 10. The summed E-state index contributed by atoms with van der Waals surface area (Å²) in [6.45, 7) is 0. The van der Waals surface area contributed by atoms with E-state index in [2.05, 4.69) is 0 Å². The maximum atomic E-state index is 10.3. The van der Waals surface area contributed by atoms with Crippen LogP contribution in [-0.2, 0) is 28.8 Å². The molecule has 0 heterocycles. The van der Waals surface area contributed by atoms with E-state index in [4.69, 9.17) is 40.9 Å². The minimum atomic E-state index is -2.74. The van der Waals surface area contributed by atoms with Gasteiger partial charge in [-0.15, -0.1) is 0 Å². The minimum absolute atomic E-state index is 0. The van der Waals surface area contributed by atoms with E-state index in [-0.39, 0.29) is 81.9 Å². The van der Waals surface area contributed by atoms with Crippen LogP contribution in [0.3, 0.4) is 0 Å². The number of carboxylic acids is 6. The fourth-order valence-corrected chi connectivity index (χ4v) is 1.43. The van der Waals surface area contributed by atoms with Gasteiger partial charge in [0.15, 0.2) is 11.2 Å². The molecule has 0 amide bonds. The van der Waals surface area contributed by atoms with E-state index in [0.717, 1.165) is 0 Å². The van der Waals surface area contributed by atoms with Crippen LogP contribution in [0.5, 0.6) is 0 Å². The Bertz CT molecular complexity index is 521. The van der Waals surface area contributed by atoms with E-state index in [9.17, 15) is 28.8 Å². The summed E-state index contributed by atoms with van der Waals surface area (Å²) < 4.78 is 0. The van der Waals surface area contributed by atoms with Crippen LogP contribution in [0.1, 0.15) is 25.7 Å². The average Bonchev–Trinajstić information content (AvgIpc) is 2.34. The summed E-state index contributed by atoms with van der Waals surface area (Å²) in [5.41, 5.74) is -5.48. The van der Waals surface area contributed by atoms with Gasteiger partial charge in [-0.25, -0.2) is 9.59 Å².